The van der Waals surface area contributed by atoms with Crippen molar-refractivity contribution in [1.29, 1.82) is 0 Å². The van der Waals surface area contributed by atoms with Crippen LogP contribution in [0.25, 0.3) is 0 Å². The Morgan fingerprint density at radius 3 is 2.48 bits per heavy atom. The van der Waals surface area contributed by atoms with Gasteiger partial charge in [0.05, 0.1) is 13.0 Å². The van der Waals surface area contributed by atoms with Crippen molar-refractivity contribution in [3.63, 3.8) is 0 Å². The molecule has 1 aliphatic heterocycles. The Bertz CT molecular complexity index is 807. The zero-order valence-electron chi connectivity index (χ0n) is 17.0. The predicted molar refractivity (Wildman–Crippen MR) is 109 cm³/mol. The summed E-state index contributed by atoms with van der Waals surface area (Å²) in [6, 6.07) is 3.63. The van der Waals surface area contributed by atoms with Gasteiger partial charge in [-0.2, -0.15) is 4.31 Å². The van der Waals surface area contributed by atoms with Crippen LogP contribution in [0.15, 0.2) is 23.1 Å². The fourth-order valence-electron chi connectivity index (χ4n) is 4.29. The molecule has 1 heterocycles. The van der Waals surface area contributed by atoms with Crippen molar-refractivity contribution in [3.05, 3.63) is 24.0 Å². The van der Waals surface area contributed by atoms with Crippen molar-refractivity contribution in [3.8, 4) is 5.75 Å². The van der Waals surface area contributed by atoms with Gasteiger partial charge in [0.1, 0.15) is 16.5 Å². The molecule has 1 atom stereocenters. The standard InChI is InChI=1S/C21H31FN2O4S/c1-28-19-12-11-17(22)14-20(19)29(26,27)24-13-7-8-16(15-24)21(25)23-18-9-5-3-2-4-6-10-18/h11-12,14,16,18H,2-10,13,15H2,1H3,(H,23,25). The maximum Gasteiger partial charge on any atom is 0.246 e. The van der Waals surface area contributed by atoms with Gasteiger partial charge in [0.2, 0.25) is 15.9 Å². The van der Waals surface area contributed by atoms with Crippen molar-refractivity contribution in [2.75, 3.05) is 20.2 Å². The van der Waals surface area contributed by atoms with E-state index in [1.165, 1.54) is 42.8 Å². The molecule has 1 unspecified atom stereocenters. The maximum absolute atomic E-state index is 13.7. The van der Waals surface area contributed by atoms with Crippen LogP contribution in [0.1, 0.15) is 57.8 Å². The van der Waals surface area contributed by atoms with Crippen molar-refractivity contribution in [1.82, 2.24) is 9.62 Å². The average molecular weight is 427 g/mol. The summed E-state index contributed by atoms with van der Waals surface area (Å²) in [5, 5.41) is 3.15. The van der Waals surface area contributed by atoms with Crippen molar-refractivity contribution >= 4 is 15.9 Å². The van der Waals surface area contributed by atoms with Crippen LogP contribution in [0.3, 0.4) is 0 Å². The number of hydrogen-bond acceptors (Lipinski definition) is 4. The number of carbonyl (C=O) groups is 1. The third-order valence-electron chi connectivity index (χ3n) is 5.95. The number of benzene rings is 1. The Morgan fingerprint density at radius 1 is 1.10 bits per heavy atom. The summed E-state index contributed by atoms with van der Waals surface area (Å²) >= 11 is 0. The Kier molecular flexibility index (Phi) is 7.51. The number of carbonyl (C=O) groups excluding carboxylic acids is 1. The highest BCUT2D eigenvalue weighted by Gasteiger charge is 2.35. The molecule has 3 rings (SSSR count). The van der Waals surface area contributed by atoms with E-state index in [4.69, 9.17) is 4.74 Å². The van der Waals surface area contributed by atoms with Gasteiger partial charge in [-0.05, 0) is 43.9 Å². The first-order chi connectivity index (χ1) is 13.9. The smallest absolute Gasteiger partial charge is 0.246 e. The Morgan fingerprint density at radius 2 is 1.79 bits per heavy atom. The van der Waals surface area contributed by atoms with Gasteiger partial charge in [0, 0.05) is 19.1 Å². The molecule has 1 saturated heterocycles. The van der Waals surface area contributed by atoms with Gasteiger partial charge < -0.3 is 10.1 Å². The monoisotopic (exact) mass is 426 g/mol. The molecule has 0 radical (unpaired) electrons. The van der Waals surface area contributed by atoms with Crippen LogP contribution in [0.5, 0.6) is 5.75 Å². The van der Waals surface area contributed by atoms with Crippen LogP contribution < -0.4 is 10.1 Å². The fraction of sp³-hybridized carbons (Fsp3) is 0.667. The Labute approximate surface area is 172 Å². The van der Waals surface area contributed by atoms with E-state index < -0.39 is 15.8 Å². The highest BCUT2D eigenvalue weighted by Crippen LogP contribution is 2.30. The topological polar surface area (TPSA) is 75.7 Å². The van der Waals surface area contributed by atoms with E-state index in [2.05, 4.69) is 5.32 Å². The highest BCUT2D eigenvalue weighted by atomic mass is 32.2. The number of ether oxygens (including phenoxy) is 1. The summed E-state index contributed by atoms with van der Waals surface area (Å²) in [6.07, 6.45) is 9.14. The maximum atomic E-state index is 13.7. The number of rotatable bonds is 5. The summed E-state index contributed by atoms with van der Waals surface area (Å²) in [5.41, 5.74) is 0. The van der Waals surface area contributed by atoms with Gasteiger partial charge in [-0.25, -0.2) is 12.8 Å². The van der Waals surface area contributed by atoms with E-state index in [1.807, 2.05) is 0 Å². The summed E-state index contributed by atoms with van der Waals surface area (Å²) in [6.45, 7) is 0.426. The molecular formula is C21H31FN2O4S. The zero-order chi connectivity index (χ0) is 20.9. The summed E-state index contributed by atoms with van der Waals surface area (Å²) in [4.78, 5) is 12.6. The SMILES string of the molecule is COc1ccc(F)cc1S(=O)(=O)N1CCCC(C(=O)NC2CCCCCCC2)C1. The summed E-state index contributed by atoms with van der Waals surface area (Å²) in [5.74, 6) is -0.988. The van der Waals surface area contributed by atoms with Crippen molar-refractivity contribution in [2.45, 2.75) is 68.7 Å². The van der Waals surface area contributed by atoms with Crippen LogP contribution >= 0.6 is 0 Å². The van der Waals surface area contributed by atoms with Crippen LogP contribution in [-0.4, -0.2) is 44.9 Å². The fourth-order valence-corrected chi connectivity index (χ4v) is 5.98. The number of amides is 1. The molecule has 29 heavy (non-hydrogen) atoms. The summed E-state index contributed by atoms with van der Waals surface area (Å²) < 4.78 is 46.3. The lowest BCUT2D eigenvalue weighted by atomic mass is 9.94. The van der Waals surface area contributed by atoms with Gasteiger partial charge in [-0.1, -0.05) is 32.1 Å². The second-order valence-corrected chi connectivity index (χ2v) is 9.95. The first kappa shape index (κ1) is 22.0. The minimum Gasteiger partial charge on any atom is -0.495 e. The molecule has 0 aromatic heterocycles. The third kappa shape index (κ3) is 5.48. The van der Waals surface area contributed by atoms with Crippen molar-refractivity contribution < 1.29 is 22.3 Å². The lowest BCUT2D eigenvalue weighted by Crippen LogP contribution is -2.47. The molecule has 0 bridgehead atoms. The molecule has 1 aromatic carbocycles. The molecule has 1 amide bonds. The minimum atomic E-state index is -3.95. The molecule has 1 N–H and O–H groups in total. The van der Waals surface area contributed by atoms with Gasteiger partial charge in [0.25, 0.3) is 0 Å². The van der Waals surface area contributed by atoms with E-state index in [9.17, 15) is 17.6 Å². The largest absolute Gasteiger partial charge is 0.495 e. The molecule has 162 valence electrons. The molecular weight excluding hydrogens is 395 g/mol. The molecule has 2 fully saturated rings. The molecule has 1 aliphatic carbocycles. The third-order valence-corrected chi connectivity index (χ3v) is 7.84. The van der Waals surface area contributed by atoms with Crippen LogP contribution in [-0.2, 0) is 14.8 Å². The minimum absolute atomic E-state index is 0.0679. The number of nitrogens with one attached hydrogen (secondary N) is 1. The number of methoxy groups -OCH3 is 1. The number of nitrogens with zero attached hydrogens (tertiary/aromatic N) is 1. The second kappa shape index (κ2) is 9.89. The van der Waals surface area contributed by atoms with Crippen LogP contribution in [0, 0.1) is 11.7 Å². The normalized spacial score (nSPS) is 22.5. The molecule has 0 spiro atoms. The van der Waals surface area contributed by atoms with E-state index >= 15 is 0 Å². The predicted octanol–water partition coefficient (Wildman–Crippen LogP) is 3.46. The molecule has 6 nitrogen and oxygen atoms in total. The van der Waals surface area contributed by atoms with E-state index in [1.54, 1.807) is 0 Å². The zero-order valence-corrected chi connectivity index (χ0v) is 17.8. The average Bonchev–Trinajstić information content (AvgIpc) is 2.70. The van der Waals surface area contributed by atoms with Gasteiger partial charge in [-0.15, -0.1) is 0 Å². The number of halogens is 1. The van der Waals surface area contributed by atoms with Crippen molar-refractivity contribution in [2.24, 2.45) is 5.92 Å². The first-order valence-electron chi connectivity index (χ1n) is 10.6. The van der Waals surface area contributed by atoms with E-state index in [0.29, 0.717) is 19.4 Å². The number of piperidine rings is 1. The number of hydrogen-bond donors (Lipinski definition) is 1. The molecule has 1 saturated carbocycles. The highest BCUT2D eigenvalue weighted by molar-refractivity contribution is 7.89. The van der Waals surface area contributed by atoms with Gasteiger partial charge in [0.15, 0.2) is 0 Å². The summed E-state index contributed by atoms with van der Waals surface area (Å²) in [7, 11) is -2.59. The molecule has 1 aromatic rings. The Balaban J connectivity index is 1.69. The molecule has 8 heteroatoms. The number of sulfonamides is 1. The van der Waals surface area contributed by atoms with Gasteiger partial charge >= 0.3 is 0 Å². The Hall–Kier alpha value is -1.67. The second-order valence-electron chi connectivity index (χ2n) is 8.05. The van der Waals surface area contributed by atoms with Crippen LogP contribution in [0.4, 0.5) is 4.39 Å². The van der Waals surface area contributed by atoms with Gasteiger partial charge in [-0.3, -0.25) is 4.79 Å². The van der Waals surface area contributed by atoms with E-state index in [-0.39, 0.29) is 35.1 Å². The molecule has 2 aliphatic rings. The quantitative estimate of drug-likeness (QED) is 0.782. The lowest BCUT2D eigenvalue weighted by Gasteiger charge is -2.32. The first-order valence-corrected chi connectivity index (χ1v) is 12.0. The van der Waals surface area contributed by atoms with Crippen LogP contribution in [0.2, 0.25) is 0 Å². The van der Waals surface area contributed by atoms with E-state index in [0.717, 1.165) is 31.7 Å². The lowest BCUT2D eigenvalue weighted by molar-refractivity contribution is -0.126.